The number of nitro benzene ring substituents is 1. The van der Waals surface area contributed by atoms with Crippen LogP contribution in [0.3, 0.4) is 0 Å². The van der Waals surface area contributed by atoms with Crippen molar-refractivity contribution in [3.05, 3.63) is 99.6 Å². The number of amides is 4. The first-order valence-electron chi connectivity index (χ1n) is 10.3. The Bertz CT molecular complexity index is 1240. The van der Waals surface area contributed by atoms with Crippen LogP contribution in [-0.2, 0) is 0 Å². The molecule has 34 heavy (non-hydrogen) atoms. The minimum Gasteiger partial charge on any atom is -0.495 e. The first-order chi connectivity index (χ1) is 16.4. The molecule has 1 heterocycles. The molecule has 0 bridgehead atoms. The van der Waals surface area contributed by atoms with Gasteiger partial charge in [-0.15, -0.1) is 0 Å². The summed E-state index contributed by atoms with van der Waals surface area (Å²) in [4.78, 5) is 50.4. The Morgan fingerprint density at radius 1 is 1.00 bits per heavy atom. The van der Waals surface area contributed by atoms with Crippen LogP contribution >= 0.6 is 0 Å². The van der Waals surface area contributed by atoms with Gasteiger partial charge in [-0.05, 0) is 23.8 Å². The Balaban J connectivity index is 1.56. The molecular weight excluding hydrogens is 440 g/mol. The number of non-ortho nitro benzene ring substituents is 1. The number of imide groups is 1. The fraction of sp³-hybridized carbons (Fsp3) is 0.125. The lowest BCUT2D eigenvalue weighted by Gasteiger charge is -2.27. The topological polar surface area (TPSA) is 131 Å². The monoisotopic (exact) mass is 460 g/mol. The molecule has 3 aromatic rings. The van der Waals surface area contributed by atoms with E-state index >= 15 is 0 Å². The van der Waals surface area contributed by atoms with Gasteiger partial charge < -0.3 is 15.4 Å². The zero-order valence-corrected chi connectivity index (χ0v) is 18.1. The van der Waals surface area contributed by atoms with Gasteiger partial charge in [0.05, 0.1) is 34.9 Å². The molecule has 0 spiro atoms. The van der Waals surface area contributed by atoms with E-state index in [-0.39, 0.29) is 23.7 Å². The zero-order chi connectivity index (χ0) is 24.2. The summed E-state index contributed by atoms with van der Waals surface area (Å²) in [6.07, 6.45) is 0. The average molecular weight is 460 g/mol. The van der Waals surface area contributed by atoms with E-state index in [0.717, 1.165) is 4.90 Å². The van der Waals surface area contributed by atoms with Crippen LogP contribution in [0.5, 0.6) is 5.75 Å². The Hall–Kier alpha value is -4.73. The van der Waals surface area contributed by atoms with Crippen LogP contribution in [0.15, 0.2) is 72.8 Å². The molecular formula is C24H20N4O6. The van der Waals surface area contributed by atoms with Crippen LogP contribution in [-0.4, -0.2) is 41.3 Å². The lowest BCUT2D eigenvalue weighted by molar-refractivity contribution is -0.384. The molecule has 1 aliphatic heterocycles. The molecule has 10 nitrogen and oxygen atoms in total. The molecule has 2 N–H and O–H groups in total. The second-order valence-corrected chi connectivity index (χ2v) is 7.43. The summed E-state index contributed by atoms with van der Waals surface area (Å²) >= 11 is 0. The smallest absolute Gasteiger partial charge is 0.319 e. The summed E-state index contributed by atoms with van der Waals surface area (Å²) in [6.45, 7) is -0.0848. The van der Waals surface area contributed by atoms with Gasteiger partial charge in [0.15, 0.2) is 0 Å². The number of methoxy groups -OCH3 is 1. The number of nitrogens with zero attached hydrogens (tertiary/aromatic N) is 2. The van der Waals surface area contributed by atoms with Gasteiger partial charge >= 0.3 is 6.03 Å². The number of hydrogen-bond acceptors (Lipinski definition) is 6. The van der Waals surface area contributed by atoms with Gasteiger partial charge in [0.2, 0.25) is 0 Å². The SMILES string of the molecule is COc1ccc([N+](=O)[O-])cc1NC(=O)NCC(c1ccccc1)N1C(=O)c2ccccc2C1=O. The number of carbonyl (C=O) groups is 3. The van der Waals surface area contributed by atoms with Gasteiger partial charge in [-0.1, -0.05) is 42.5 Å². The predicted octanol–water partition coefficient (Wildman–Crippen LogP) is 3.76. The van der Waals surface area contributed by atoms with Gasteiger partial charge in [-0.3, -0.25) is 24.6 Å². The first kappa shape index (κ1) is 22.5. The lowest BCUT2D eigenvalue weighted by atomic mass is 10.1. The number of nitro groups is 1. The van der Waals surface area contributed by atoms with Crippen molar-refractivity contribution in [3.8, 4) is 5.75 Å². The third kappa shape index (κ3) is 4.29. The number of hydrogen-bond donors (Lipinski definition) is 2. The maximum atomic E-state index is 13.0. The number of benzene rings is 3. The van der Waals surface area contributed by atoms with Crippen LogP contribution in [0.25, 0.3) is 0 Å². The summed E-state index contributed by atoms with van der Waals surface area (Å²) in [6, 6.07) is 17.8. The Morgan fingerprint density at radius 2 is 1.62 bits per heavy atom. The number of anilines is 1. The summed E-state index contributed by atoms with van der Waals surface area (Å²) in [5, 5.41) is 16.3. The third-order valence-corrected chi connectivity index (χ3v) is 5.42. The molecule has 0 fully saturated rings. The van der Waals surface area contributed by atoms with E-state index in [0.29, 0.717) is 16.7 Å². The highest BCUT2D eigenvalue weighted by molar-refractivity contribution is 6.21. The van der Waals surface area contributed by atoms with Gasteiger partial charge in [0.1, 0.15) is 5.75 Å². The molecule has 0 aromatic heterocycles. The van der Waals surface area contributed by atoms with Crippen LogP contribution in [0, 0.1) is 10.1 Å². The maximum Gasteiger partial charge on any atom is 0.319 e. The van der Waals surface area contributed by atoms with E-state index in [1.54, 1.807) is 54.6 Å². The lowest BCUT2D eigenvalue weighted by Crippen LogP contribution is -2.42. The molecule has 0 saturated carbocycles. The molecule has 0 radical (unpaired) electrons. The van der Waals surface area contributed by atoms with Crippen molar-refractivity contribution in [1.82, 2.24) is 10.2 Å². The number of ether oxygens (including phenoxy) is 1. The fourth-order valence-corrected chi connectivity index (χ4v) is 3.79. The van der Waals surface area contributed by atoms with Crippen molar-refractivity contribution >= 4 is 29.2 Å². The van der Waals surface area contributed by atoms with Crippen molar-refractivity contribution < 1.29 is 24.0 Å². The van der Waals surface area contributed by atoms with E-state index < -0.39 is 28.8 Å². The zero-order valence-electron chi connectivity index (χ0n) is 18.1. The van der Waals surface area contributed by atoms with Crippen molar-refractivity contribution in [2.45, 2.75) is 6.04 Å². The Labute approximate surface area is 194 Å². The van der Waals surface area contributed by atoms with E-state index in [2.05, 4.69) is 10.6 Å². The molecule has 0 saturated heterocycles. The molecule has 4 amide bonds. The van der Waals surface area contributed by atoms with Gasteiger partial charge in [-0.2, -0.15) is 0 Å². The minimum absolute atomic E-state index is 0.0848. The standard InChI is InChI=1S/C24H20N4O6/c1-34-21-12-11-16(28(32)33)13-19(21)26-24(31)25-14-20(15-7-3-2-4-8-15)27-22(29)17-9-5-6-10-18(17)23(27)30/h2-13,20H,14H2,1H3,(H2,25,26,31). The second kappa shape index (κ2) is 9.41. The Morgan fingerprint density at radius 3 is 2.21 bits per heavy atom. The predicted molar refractivity (Wildman–Crippen MR) is 123 cm³/mol. The van der Waals surface area contributed by atoms with Crippen LogP contribution in [0.4, 0.5) is 16.2 Å². The van der Waals surface area contributed by atoms with Crippen molar-refractivity contribution in [1.29, 1.82) is 0 Å². The normalized spacial score (nSPS) is 13.3. The number of rotatable bonds is 7. The van der Waals surface area contributed by atoms with Crippen molar-refractivity contribution in [2.24, 2.45) is 0 Å². The number of nitrogens with one attached hydrogen (secondary N) is 2. The highest BCUT2D eigenvalue weighted by Gasteiger charge is 2.40. The third-order valence-electron chi connectivity index (χ3n) is 5.42. The largest absolute Gasteiger partial charge is 0.495 e. The summed E-state index contributed by atoms with van der Waals surface area (Å²) in [5.41, 5.74) is 1.15. The number of fused-ring (bicyclic) bond motifs is 1. The number of carbonyl (C=O) groups excluding carboxylic acids is 3. The molecule has 3 aromatic carbocycles. The van der Waals surface area contributed by atoms with Gasteiger partial charge in [-0.25, -0.2) is 4.79 Å². The Kier molecular flexibility index (Phi) is 6.22. The molecule has 4 rings (SSSR count). The van der Waals surface area contributed by atoms with Crippen LogP contribution in [0.2, 0.25) is 0 Å². The average Bonchev–Trinajstić information content (AvgIpc) is 3.10. The summed E-state index contributed by atoms with van der Waals surface area (Å²) < 4.78 is 5.16. The van der Waals surface area contributed by atoms with E-state index in [1.165, 1.54) is 25.3 Å². The molecule has 1 unspecified atom stereocenters. The quantitative estimate of drug-likeness (QED) is 0.314. The molecule has 10 heteroatoms. The van der Waals surface area contributed by atoms with Crippen LogP contribution < -0.4 is 15.4 Å². The first-order valence-corrected chi connectivity index (χ1v) is 10.3. The van der Waals surface area contributed by atoms with Crippen molar-refractivity contribution in [3.63, 3.8) is 0 Å². The maximum absolute atomic E-state index is 13.0. The second-order valence-electron chi connectivity index (χ2n) is 7.43. The van der Waals surface area contributed by atoms with Gasteiger partial charge in [0, 0.05) is 18.7 Å². The van der Waals surface area contributed by atoms with Crippen LogP contribution in [0.1, 0.15) is 32.3 Å². The van der Waals surface area contributed by atoms with E-state index in [4.69, 9.17) is 4.74 Å². The minimum atomic E-state index is -0.772. The summed E-state index contributed by atoms with van der Waals surface area (Å²) in [7, 11) is 1.37. The highest BCUT2D eigenvalue weighted by Crippen LogP contribution is 2.32. The fourth-order valence-electron chi connectivity index (χ4n) is 3.79. The molecule has 1 atom stereocenters. The number of urea groups is 1. The highest BCUT2D eigenvalue weighted by atomic mass is 16.6. The molecule has 1 aliphatic rings. The van der Waals surface area contributed by atoms with E-state index in [9.17, 15) is 24.5 Å². The van der Waals surface area contributed by atoms with E-state index in [1.807, 2.05) is 0 Å². The summed E-state index contributed by atoms with van der Waals surface area (Å²) in [5.74, 6) is -0.658. The molecule has 0 aliphatic carbocycles. The van der Waals surface area contributed by atoms with Crippen molar-refractivity contribution in [2.75, 3.05) is 19.0 Å². The molecule has 172 valence electrons. The van der Waals surface area contributed by atoms with Gasteiger partial charge in [0.25, 0.3) is 17.5 Å².